The lowest BCUT2D eigenvalue weighted by Crippen LogP contribution is -2.15. The maximum absolute atomic E-state index is 13.1. The number of nitrogens with one attached hydrogen (secondary N) is 2. The molecule has 0 saturated heterocycles. The first kappa shape index (κ1) is 18.5. The van der Waals surface area contributed by atoms with Crippen LogP contribution in [0.5, 0.6) is 5.75 Å². The Kier molecular flexibility index (Phi) is 5.58. The van der Waals surface area contributed by atoms with Crippen LogP contribution in [-0.4, -0.2) is 17.5 Å². The van der Waals surface area contributed by atoms with E-state index >= 15 is 0 Å². The molecule has 2 N–H and O–H groups in total. The van der Waals surface area contributed by atoms with E-state index in [-0.39, 0.29) is 5.91 Å². The van der Waals surface area contributed by atoms with Gasteiger partial charge in [-0.3, -0.25) is 9.78 Å². The van der Waals surface area contributed by atoms with Crippen molar-refractivity contribution < 1.29 is 9.53 Å². The van der Waals surface area contributed by atoms with Gasteiger partial charge in [-0.1, -0.05) is 6.07 Å². The fourth-order valence-corrected chi connectivity index (χ4v) is 4.73. The summed E-state index contributed by atoms with van der Waals surface area (Å²) in [4.78, 5) is 18.6. The second-order valence-corrected chi connectivity index (χ2v) is 7.79. The van der Waals surface area contributed by atoms with Crippen LogP contribution >= 0.6 is 11.3 Å². The second-order valence-electron chi connectivity index (χ2n) is 6.69. The minimum Gasteiger partial charge on any atom is -0.494 e. The number of pyridine rings is 1. The van der Waals surface area contributed by atoms with E-state index in [9.17, 15) is 4.79 Å². The Balaban J connectivity index is 1.53. The summed E-state index contributed by atoms with van der Waals surface area (Å²) in [6.07, 6.45) is 6.74. The summed E-state index contributed by atoms with van der Waals surface area (Å²) < 4.78 is 5.47. The lowest BCUT2D eigenvalue weighted by atomic mass is 10.1. The Morgan fingerprint density at radius 3 is 2.82 bits per heavy atom. The van der Waals surface area contributed by atoms with Gasteiger partial charge in [0.15, 0.2) is 0 Å². The highest BCUT2D eigenvalue weighted by molar-refractivity contribution is 7.16. The van der Waals surface area contributed by atoms with Gasteiger partial charge in [0.1, 0.15) is 10.8 Å². The van der Waals surface area contributed by atoms with Crippen molar-refractivity contribution in [3.63, 3.8) is 0 Å². The number of amides is 1. The zero-order valence-corrected chi connectivity index (χ0v) is 16.6. The Morgan fingerprint density at radius 1 is 1.21 bits per heavy atom. The zero-order valence-electron chi connectivity index (χ0n) is 15.8. The molecule has 0 spiro atoms. The highest BCUT2D eigenvalue weighted by Crippen LogP contribution is 2.39. The monoisotopic (exact) mass is 393 g/mol. The van der Waals surface area contributed by atoms with Crippen LogP contribution in [0.3, 0.4) is 0 Å². The molecule has 6 heteroatoms. The van der Waals surface area contributed by atoms with Crippen LogP contribution in [-0.2, 0) is 19.4 Å². The standard InChI is InChI=1S/C22H23N3O2S/c1-2-27-17-10-8-16(9-11-17)25-21(26)20-18-6-3-7-19(18)28-22(20)24-14-15-5-4-12-23-13-15/h4-5,8-13,24H,2-3,6-7,14H2,1H3,(H,25,26). The zero-order chi connectivity index (χ0) is 19.3. The van der Waals surface area contributed by atoms with Crippen LogP contribution in [0.1, 0.15) is 39.7 Å². The molecule has 1 aliphatic carbocycles. The fraction of sp³-hybridized carbons (Fsp3) is 0.273. The van der Waals surface area contributed by atoms with Gasteiger partial charge >= 0.3 is 0 Å². The molecule has 1 aromatic carbocycles. The second kappa shape index (κ2) is 8.44. The first-order chi connectivity index (χ1) is 13.7. The summed E-state index contributed by atoms with van der Waals surface area (Å²) in [6, 6.07) is 11.4. The van der Waals surface area contributed by atoms with E-state index in [1.807, 2.05) is 49.5 Å². The summed E-state index contributed by atoms with van der Waals surface area (Å²) in [5.74, 6) is 0.744. The molecule has 0 saturated carbocycles. The molecule has 144 valence electrons. The van der Waals surface area contributed by atoms with Crippen LogP contribution in [0.2, 0.25) is 0 Å². The van der Waals surface area contributed by atoms with Crippen LogP contribution in [0.15, 0.2) is 48.8 Å². The third-order valence-electron chi connectivity index (χ3n) is 4.75. The number of benzene rings is 1. The lowest BCUT2D eigenvalue weighted by Gasteiger charge is -2.11. The number of aryl methyl sites for hydroxylation is 1. The van der Waals surface area contributed by atoms with Gasteiger partial charge < -0.3 is 15.4 Å². The molecule has 0 radical (unpaired) electrons. The molecule has 0 atom stereocenters. The number of hydrogen-bond acceptors (Lipinski definition) is 5. The van der Waals surface area contributed by atoms with Crippen molar-refractivity contribution in [2.75, 3.05) is 17.2 Å². The van der Waals surface area contributed by atoms with Crippen molar-refractivity contribution in [3.8, 4) is 5.75 Å². The molecule has 0 aliphatic heterocycles. The average molecular weight is 394 g/mol. The van der Waals surface area contributed by atoms with Gasteiger partial charge in [0.25, 0.3) is 5.91 Å². The van der Waals surface area contributed by atoms with Gasteiger partial charge in [0.05, 0.1) is 12.2 Å². The van der Waals surface area contributed by atoms with Crippen molar-refractivity contribution in [3.05, 3.63) is 70.4 Å². The van der Waals surface area contributed by atoms with Gasteiger partial charge in [-0.2, -0.15) is 0 Å². The normalized spacial score (nSPS) is 12.5. The van der Waals surface area contributed by atoms with Crippen LogP contribution in [0.4, 0.5) is 10.7 Å². The van der Waals surface area contributed by atoms with Crippen molar-refractivity contribution in [2.45, 2.75) is 32.7 Å². The number of anilines is 2. The summed E-state index contributed by atoms with van der Waals surface area (Å²) in [5.41, 5.74) is 3.84. The van der Waals surface area contributed by atoms with E-state index in [0.29, 0.717) is 13.2 Å². The SMILES string of the molecule is CCOc1ccc(NC(=O)c2c(NCc3cccnc3)sc3c2CCC3)cc1. The molecule has 0 bridgehead atoms. The highest BCUT2D eigenvalue weighted by atomic mass is 32.1. The third-order valence-corrected chi connectivity index (χ3v) is 6.00. The number of rotatable bonds is 7. The van der Waals surface area contributed by atoms with Crippen molar-refractivity contribution in [1.29, 1.82) is 0 Å². The predicted molar refractivity (Wildman–Crippen MR) is 113 cm³/mol. The van der Waals surface area contributed by atoms with E-state index in [1.54, 1.807) is 17.5 Å². The van der Waals surface area contributed by atoms with Crippen LogP contribution < -0.4 is 15.4 Å². The number of nitrogens with zero attached hydrogens (tertiary/aromatic N) is 1. The van der Waals surface area contributed by atoms with Crippen molar-refractivity contribution >= 4 is 27.9 Å². The maximum atomic E-state index is 13.1. The smallest absolute Gasteiger partial charge is 0.258 e. The van der Waals surface area contributed by atoms with Crippen LogP contribution in [0.25, 0.3) is 0 Å². The topological polar surface area (TPSA) is 63.2 Å². The minimum absolute atomic E-state index is 0.0581. The number of thiophene rings is 1. The first-order valence-electron chi connectivity index (χ1n) is 9.56. The van der Waals surface area contributed by atoms with Gasteiger partial charge in [0.2, 0.25) is 0 Å². The Morgan fingerprint density at radius 2 is 2.07 bits per heavy atom. The number of carbonyl (C=O) groups excluding carboxylic acids is 1. The highest BCUT2D eigenvalue weighted by Gasteiger charge is 2.26. The molecule has 2 heterocycles. The number of carbonyl (C=O) groups is 1. The maximum Gasteiger partial charge on any atom is 0.258 e. The Hall–Kier alpha value is -2.86. The van der Waals surface area contributed by atoms with Gasteiger partial charge in [-0.25, -0.2) is 0 Å². The molecule has 3 aromatic rings. The van der Waals surface area contributed by atoms with Gasteiger partial charge in [0, 0.05) is 29.5 Å². The minimum atomic E-state index is -0.0581. The fourth-order valence-electron chi connectivity index (χ4n) is 3.45. The van der Waals surface area contributed by atoms with Crippen molar-refractivity contribution in [1.82, 2.24) is 4.98 Å². The van der Waals surface area contributed by atoms with Gasteiger partial charge in [-0.05, 0) is 67.6 Å². The Bertz CT molecular complexity index is 952. The molecular weight excluding hydrogens is 370 g/mol. The number of hydrogen-bond donors (Lipinski definition) is 2. The summed E-state index contributed by atoms with van der Waals surface area (Å²) >= 11 is 1.70. The number of ether oxygens (including phenoxy) is 1. The molecule has 1 aliphatic rings. The number of aromatic nitrogens is 1. The molecule has 4 rings (SSSR count). The number of fused-ring (bicyclic) bond motifs is 1. The Labute approximate surface area is 168 Å². The molecular formula is C22H23N3O2S. The first-order valence-corrected chi connectivity index (χ1v) is 10.4. The summed E-state index contributed by atoms with van der Waals surface area (Å²) in [6.45, 7) is 3.22. The average Bonchev–Trinajstić information content (AvgIpc) is 3.29. The summed E-state index contributed by atoms with van der Waals surface area (Å²) in [7, 11) is 0. The van der Waals surface area contributed by atoms with Crippen molar-refractivity contribution in [2.24, 2.45) is 0 Å². The van der Waals surface area contributed by atoms with Gasteiger partial charge in [-0.15, -0.1) is 11.3 Å². The van der Waals surface area contributed by atoms with E-state index in [2.05, 4.69) is 15.6 Å². The van der Waals surface area contributed by atoms with E-state index in [1.165, 1.54) is 10.4 Å². The largest absolute Gasteiger partial charge is 0.494 e. The lowest BCUT2D eigenvalue weighted by molar-refractivity contribution is 0.102. The third kappa shape index (κ3) is 4.02. The molecule has 0 unspecified atom stereocenters. The molecule has 0 fully saturated rings. The quantitative estimate of drug-likeness (QED) is 0.600. The van der Waals surface area contributed by atoms with E-state index in [0.717, 1.165) is 46.8 Å². The predicted octanol–water partition coefficient (Wildman–Crippen LogP) is 4.89. The molecule has 2 aromatic heterocycles. The molecule has 28 heavy (non-hydrogen) atoms. The van der Waals surface area contributed by atoms with Crippen LogP contribution in [0, 0.1) is 0 Å². The molecule has 1 amide bonds. The van der Waals surface area contributed by atoms with E-state index < -0.39 is 0 Å². The summed E-state index contributed by atoms with van der Waals surface area (Å²) in [5, 5.41) is 7.43. The molecule has 5 nitrogen and oxygen atoms in total. The van der Waals surface area contributed by atoms with E-state index in [4.69, 9.17) is 4.74 Å².